The van der Waals surface area contributed by atoms with Crippen LogP contribution in [0, 0.1) is 0 Å². The molecule has 0 saturated carbocycles. The van der Waals surface area contributed by atoms with Crippen LogP contribution in [0.4, 0.5) is 0 Å². The van der Waals surface area contributed by atoms with E-state index in [0.29, 0.717) is 11.3 Å². The highest BCUT2D eigenvalue weighted by Gasteiger charge is 2.16. The van der Waals surface area contributed by atoms with Crippen molar-refractivity contribution in [1.29, 1.82) is 0 Å². The van der Waals surface area contributed by atoms with E-state index in [4.69, 9.17) is 5.11 Å². The molecule has 6 nitrogen and oxygen atoms in total. The molecule has 0 saturated heterocycles. The van der Waals surface area contributed by atoms with E-state index < -0.39 is 5.97 Å². The van der Waals surface area contributed by atoms with Gasteiger partial charge in [-0.05, 0) is 0 Å². The van der Waals surface area contributed by atoms with Crippen LogP contribution < -0.4 is 0 Å². The third kappa shape index (κ3) is 1.69. The lowest BCUT2D eigenvalue weighted by atomic mass is 10.2. The minimum atomic E-state index is -1.07. The predicted molar refractivity (Wildman–Crippen MR) is 51.2 cm³/mol. The lowest BCUT2D eigenvalue weighted by Gasteiger charge is -1.95. The summed E-state index contributed by atoms with van der Waals surface area (Å²) in [6.45, 7) is 0. The van der Waals surface area contributed by atoms with Crippen molar-refractivity contribution in [3.8, 4) is 11.3 Å². The Balaban J connectivity index is 2.58. The maximum Gasteiger partial charge on any atom is 0.357 e. The third-order valence-corrected chi connectivity index (χ3v) is 1.87. The van der Waals surface area contributed by atoms with Crippen molar-refractivity contribution in [2.24, 2.45) is 7.05 Å². The van der Waals surface area contributed by atoms with Gasteiger partial charge in [0.05, 0.1) is 17.5 Å². The van der Waals surface area contributed by atoms with Crippen LogP contribution in [0.3, 0.4) is 0 Å². The third-order valence-electron chi connectivity index (χ3n) is 1.87. The zero-order valence-corrected chi connectivity index (χ0v) is 7.95. The van der Waals surface area contributed by atoms with Crippen molar-refractivity contribution in [2.45, 2.75) is 0 Å². The van der Waals surface area contributed by atoms with Gasteiger partial charge in [-0.25, -0.2) is 4.79 Å². The summed E-state index contributed by atoms with van der Waals surface area (Å²) in [7, 11) is 1.66. The smallest absolute Gasteiger partial charge is 0.357 e. The van der Waals surface area contributed by atoms with Gasteiger partial charge in [0.1, 0.15) is 0 Å². The molecular weight excluding hydrogens is 196 g/mol. The molecule has 15 heavy (non-hydrogen) atoms. The van der Waals surface area contributed by atoms with Gasteiger partial charge in [-0.15, -0.1) is 0 Å². The largest absolute Gasteiger partial charge is 0.476 e. The number of rotatable bonds is 2. The van der Waals surface area contributed by atoms with Crippen LogP contribution in [0.15, 0.2) is 24.8 Å². The van der Waals surface area contributed by atoms with Gasteiger partial charge >= 0.3 is 5.97 Å². The molecule has 0 aliphatic heterocycles. The van der Waals surface area contributed by atoms with E-state index in [1.807, 2.05) is 0 Å². The Morgan fingerprint density at radius 2 is 2.27 bits per heavy atom. The first-order chi connectivity index (χ1) is 7.18. The summed E-state index contributed by atoms with van der Waals surface area (Å²) in [5, 5.41) is 12.8. The van der Waals surface area contributed by atoms with E-state index >= 15 is 0 Å². The van der Waals surface area contributed by atoms with Gasteiger partial charge in [-0.1, -0.05) is 0 Å². The standard InChI is InChI=1S/C9H8N4O2/c1-13-5-6(8(12-13)9(14)15)7-4-10-2-3-11-7/h2-5H,1H3,(H,14,15). The molecule has 0 fully saturated rings. The Kier molecular flexibility index (Phi) is 2.17. The average molecular weight is 204 g/mol. The molecule has 0 aliphatic rings. The van der Waals surface area contributed by atoms with E-state index in [1.165, 1.54) is 23.3 Å². The monoisotopic (exact) mass is 204 g/mol. The van der Waals surface area contributed by atoms with Gasteiger partial charge in [-0.2, -0.15) is 5.10 Å². The van der Waals surface area contributed by atoms with Crippen LogP contribution in [0.1, 0.15) is 10.5 Å². The molecule has 0 bridgehead atoms. The average Bonchev–Trinajstić information content (AvgIpc) is 2.62. The summed E-state index contributed by atoms with van der Waals surface area (Å²) in [6.07, 6.45) is 6.14. The molecule has 0 aliphatic carbocycles. The molecule has 0 radical (unpaired) electrons. The van der Waals surface area contributed by atoms with E-state index in [0.717, 1.165) is 0 Å². The minimum Gasteiger partial charge on any atom is -0.476 e. The van der Waals surface area contributed by atoms with Gasteiger partial charge in [0.25, 0.3) is 0 Å². The minimum absolute atomic E-state index is 0.0157. The molecule has 0 spiro atoms. The van der Waals surface area contributed by atoms with Gasteiger partial charge in [0, 0.05) is 25.6 Å². The molecule has 2 aromatic rings. The Bertz CT molecular complexity index is 492. The van der Waals surface area contributed by atoms with E-state index in [9.17, 15) is 4.79 Å². The Morgan fingerprint density at radius 1 is 1.47 bits per heavy atom. The second-order valence-corrected chi connectivity index (χ2v) is 2.96. The SMILES string of the molecule is Cn1cc(-c2cnccn2)c(C(=O)O)n1. The van der Waals surface area contributed by atoms with Crippen molar-refractivity contribution >= 4 is 5.97 Å². The zero-order valence-electron chi connectivity index (χ0n) is 7.95. The topological polar surface area (TPSA) is 80.9 Å². The fourth-order valence-corrected chi connectivity index (χ4v) is 1.27. The Hall–Kier alpha value is -2.24. The van der Waals surface area contributed by atoms with Crippen LogP contribution in [0.25, 0.3) is 11.3 Å². The van der Waals surface area contributed by atoms with Crippen LogP contribution in [0.5, 0.6) is 0 Å². The van der Waals surface area contributed by atoms with E-state index in [-0.39, 0.29) is 5.69 Å². The van der Waals surface area contributed by atoms with Gasteiger partial charge in [0.2, 0.25) is 0 Å². The molecule has 76 valence electrons. The molecule has 2 heterocycles. The number of aromatic carboxylic acids is 1. The second-order valence-electron chi connectivity index (χ2n) is 2.96. The summed E-state index contributed by atoms with van der Waals surface area (Å²) >= 11 is 0. The van der Waals surface area contributed by atoms with Crippen molar-refractivity contribution in [3.05, 3.63) is 30.5 Å². The lowest BCUT2D eigenvalue weighted by molar-refractivity contribution is 0.0690. The summed E-state index contributed by atoms with van der Waals surface area (Å²) in [5.74, 6) is -1.07. The quantitative estimate of drug-likeness (QED) is 0.773. The van der Waals surface area contributed by atoms with Crippen molar-refractivity contribution in [3.63, 3.8) is 0 Å². The molecule has 0 unspecified atom stereocenters. The van der Waals surface area contributed by atoms with Crippen LogP contribution >= 0.6 is 0 Å². The fraction of sp³-hybridized carbons (Fsp3) is 0.111. The second kappa shape index (κ2) is 3.49. The van der Waals surface area contributed by atoms with Crippen molar-refractivity contribution in [1.82, 2.24) is 19.7 Å². The summed E-state index contributed by atoms with van der Waals surface area (Å²) < 4.78 is 1.44. The summed E-state index contributed by atoms with van der Waals surface area (Å²) in [4.78, 5) is 18.8. The fourth-order valence-electron chi connectivity index (χ4n) is 1.27. The van der Waals surface area contributed by atoms with Gasteiger partial charge in [0.15, 0.2) is 5.69 Å². The summed E-state index contributed by atoms with van der Waals surface area (Å²) in [6, 6.07) is 0. The maximum atomic E-state index is 10.9. The molecule has 0 aromatic carbocycles. The van der Waals surface area contributed by atoms with Crippen molar-refractivity contribution in [2.75, 3.05) is 0 Å². The molecule has 1 N–H and O–H groups in total. The van der Waals surface area contributed by atoms with Crippen LogP contribution in [-0.4, -0.2) is 30.8 Å². The van der Waals surface area contributed by atoms with E-state index in [1.54, 1.807) is 13.2 Å². The Labute approximate surface area is 85.2 Å². The number of hydrogen-bond donors (Lipinski definition) is 1. The molecule has 6 heteroatoms. The number of aryl methyl sites for hydroxylation is 1. The first-order valence-corrected chi connectivity index (χ1v) is 4.22. The molecule has 0 atom stereocenters. The normalized spacial score (nSPS) is 10.2. The zero-order chi connectivity index (χ0) is 10.8. The molecule has 0 amide bonds. The maximum absolute atomic E-state index is 10.9. The van der Waals surface area contributed by atoms with Crippen LogP contribution in [0.2, 0.25) is 0 Å². The highest BCUT2D eigenvalue weighted by molar-refractivity contribution is 5.93. The molecule has 2 rings (SSSR count). The number of carboxylic acid groups (broad SMARTS) is 1. The number of carbonyl (C=O) groups is 1. The first-order valence-electron chi connectivity index (χ1n) is 4.22. The first kappa shape index (κ1) is 9.32. The van der Waals surface area contributed by atoms with E-state index in [2.05, 4.69) is 15.1 Å². The number of nitrogens with zero attached hydrogens (tertiary/aromatic N) is 4. The van der Waals surface area contributed by atoms with Gasteiger partial charge in [-0.3, -0.25) is 14.6 Å². The van der Waals surface area contributed by atoms with Gasteiger partial charge < -0.3 is 5.11 Å². The summed E-state index contributed by atoms with van der Waals surface area (Å²) in [5.41, 5.74) is 0.958. The number of hydrogen-bond acceptors (Lipinski definition) is 4. The highest BCUT2D eigenvalue weighted by Crippen LogP contribution is 2.19. The van der Waals surface area contributed by atoms with Crippen molar-refractivity contribution < 1.29 is 9.90 Å². The number of aromatic nitrogens is 4. The number of carboxylic acids is 1. The predicted octanol–water partition coefficient (Wildman–Crippen LogP) is 0.575. The highest BCUT2D eigenvalue weighted by atomic mass is 16.4. The molecular formula is C9H8N4O2. The lowest BCUT2D eigenvalue weighted by Crippen LogP contribution is -2.01. The Morgan fingerprint density at radius 3 is 2.87 bits per heavy atom. The van der Waals surface area contributed by atoms with Crippen LogP contribution in [-0.2, 0) is 7.05 Å². The molecule has 2 aromatic heterocycles.